The fourth-order valence-corrected chi connectivity index (χ4v) is 5.06. The molecule has 120 valence electrons. The molecule has 2 fully saturated rings. The highest BCUT2D eigenvalue weighted by atomic mass is 32.1. The number of fused-ring (bicyclic) bond motifs is 3. The molecule has 0 unspecified atom stereocenters. The number of carbonyl (C=O) groups excluding carboxylic acids is 1. The number of thiazole rings is 1. The van der Waals surface area contributed by atoms with Crippen molar-refractivity contribution in [2.45, 2.75) is 19.3 Å². The minimum Gasteiger partial charge on any atom is -0.481 e. The van der Waals surface area contributed by atoms with Crippen LogP contribution >= 0.6 is 11.3 Å². The van der Waals surface area contributed by atoms with Gasteiger partial charge in [-0.1, -0.05) is 11.3 Å². The third-order valence-corrected chi connectivity index (χ3v) is 6.02. The maximum Gasteiger partial charge on any atom is 0.307 e. The molecular formula is C16H15FN2O3S. The van der Waals surface area contributed by atoms with Crippen LogP contribution in [0.25, 0.3) is 10.2 Å². The van der Waals surface area contributed by atoms with Crippen molar-refractivity contribution in [1.82, 2.24) is 4.98 Å². The number of carboxylic acid groups (broad SMARTS) is 1. The summed E-state index contributed by atoms with van der Waals surface area (Å²) in [6, 6.07) is 4.26. The van der Waals surface area contributed by atoms with Crippen LogP contribution < -0.4 is 5.32 Å². The lowest BCUT2D eigenvalue weighted by Gasteiger charge is -2.26. The number of carbonyl (C=O) groups is 2. The summed E-state index contributed by atoms with van der Waals surface area (Å²) in [5.74, 6) is -2.34. The second kappa shape index (κ2) is 5.26. The number of rotatable bonds is 3. The van der Waals surface area contributed by atoms with Gasteiger partial charge in [0.1, 0.15) is 5.82 Å². The summed E-state index contributed by atoms with van der Waals surface area (Å²) >= 11 is 1.20. The van der Waals surface area contributed by atoms with E-state index in [4.69, 9.17) is 0 Å². The van der Waals surface area contributed by atoms with E-state index >= 15 is 0 Å². The van der Waals surface area contributed by atoms with Gasteiger partial charge in [0.2, 0.25) is 5.91 Å². The van der Waals surface area contributed by atoms with E-state index < -0.39 is 17.8 Å². The van der Waals surface area contributed by atoms with Crippen molar-refractivity contribution < 1.29 is 19.1 Å². The van der Waals surface area contributed by atoms with Gasteiger partial charge in [0.25, 0.3) is 0 Å². The molecule has 0 spiro atoms. The molecule has 2 saturated carbocycles. The molecule has 7 heteroatoms. The van der Waals surface area contributed by atoms with Crippen molar-refractivity contribution in [2.24, 2.45) is 23.7 Å². The normalized spacial score (nSPS) is 29.1. The van der Waals surface area contributed by atoms with Crippen LogP contribution in [-0.4, -0.2) is 22.0 Å². The van der Waals surface area contributed by atoms with Crippen molar-refractivity contribution in [1.29, 1.82) is 0 Å². The lowest BCUT2D eigenvalue weighted by Crippen LogP contribution is -2.37. The molecule has 2 aliphatic rings. The highest BCUT2D eigenvalue weighted by Crippen LogP contribution is 2.52. The second-order valence-electron chi connectivity index (χ2n) is 6.34. The minimum absolute atomic E-state index is 0.109. The van der Waals surface area contributed by atoms with Crippen molar-refractivity contribution in [2.75, 3.05) is 5.32 Å². The monoisotopic (exact) mass is 334 g/mol. The molecule has 1 amide bonds. The third-order valence-electron chi connectivity index (χ3n) is 5.08. The van der Waals surface area contributed by atoms with Gasteiger partial charge in [0, 0.05) is 0 Å². The molecular weight excluding hydrogens is 319 g/mol. The fourth-order valence-electron chi connectivity index (χ4n) is 4.16. The highest BCUT2D eigenvalue weighted by molar-refractivity contribution is 7.22. The van der Waals surface area contributed by atoms with Crippen molar-refractivity contribution in [3.05, 3.63) is 24.0 Å². The fraction of sp³-hybridized carbons (Fsp3) is 0.438. The Hall–Kier alpha value is -2.02. The Balaban J connectivity index is 1.57. The zero-order valence-electron chi connectivity index (χ0n) is 12.2. The molecule has 2 aromatic rings. The summed E-state index contributed by atoms with van der Waals surface area (Å²) in [6.07, 6.45) is 2.63. The first-order chi connectivity index (χ1) is 11.0. The Morgan fingerprint density at radius 1 is 1.26 bits per heavy atom. The number of nitrogens with one attached hydrogen (secondary N) is 1. The van der Waals surface area contributed by atoms with Crippen LogP contribution in [0.5, 0.6) is 0 Å². The van der Waals surface area contributed by atoms with Crippen LogP contribution in [0.4, 0.5) is 9.52 Å². The average Bonchev–Trinajstić information content (AvgIpc) is 3.18. The zero-order valence-corrected chi connectivity index (χ0v) is 13.0. The number of amides is 1. The quantitative estimate of drug-likeness (QED) is 0.904. The van der Waals surface area contributed by atoms with E-state index in [0.717, 1.165) is 19.3 Å². The number of anilines is 1. The lowest BCUT2D eigenvalue weighted by molar-refractivity contribution is -0.148. The Kier molecular flexibility index (Phi) is 3.33. The number of nitrogens with zero attached hydrogens (tertiary/aromatic N) is 1. The summed E-state index contributed by atoms with van der Waals surface area (Å²) < 4.78 is 13.9. The Morgan fingerprint density at radius 2 is 2.00 bits per heavy atom. The van der Waals surface area contributed by atoms with Gasteiger partial charge in [-0.25, -0.2) is 9.37 Å². The van der Waals surface area contributed by atoms with Gasteiger partial charge in [0.15, 0.2) is 5.13 Å². The van der Waals surface area contributed by atoms with Crippen LogP contribution in [0, 0.1) is 29.5 Å². The van der Waals surface area contributed by atoms with Gasteiger partial charge >= 0.3 is 5.97 Å². The summed E-state index contributed by atoms with van der Waals surface area (Å²) in [4.78, 5) is 28.4. The van der Waals surface area contributed by atoms with Crippen LogP contribution in [0.15, 0.2) is 18.2 Å². The summed E-state index contributed by atoms with van der Waals surface area (Å²) in [5.41, 5.74) is 0.620. The molecule has 5 nitrogen and oxygen atoms in total. The molecule has 0 saturated heterocycles. The largest absolute Gasteiger partial charge is 0.481 e. The van der Waals surface area contributed by atoms with Gasteiger partial charge in [-0.15, -0.1) is 0 Å². The third kappa shape index (κ3) is 2.39. The number of hydrogen-bond donors (Lipinski definition) is 2. The van der Waals surface area contributed by atoms with E-state index in [9.17, 15) is 19.1 Å². The second-order valence-corrected chi connectivity index (χ2v) is 7.37. The first kappa shape index (κ1) is 14.6. The minimum atomic E-state index is -0.885. The van der Waals surface area contributed by atoms with E-state index in [0.29, 0.717) is 15.3 Å². The molecule has 1 aromatic heterocycles. The van der Waals surface area contributed by atoms with E-state index in [2.05, 4.69) is 10.3 Å². The molecule has 0 aliphatic heterocycles. The standard InChI is InChI=1S/C16H15FN2O3S/c17-9-3-4-10-11(6-9)23-16(18-10)19-14(20)12-7-1-2-8(5-7)13(12)15(21)22/h3-4,6-8,12-13H,1-2,5H2,(H,21,22)(H,18,19,20)/t7-,8-,12-,13-/m1/s1. The van der Waals surface area contributed by atoms with Gasteiger partial charge in [-0.3, -0.25) is 9.59 Å². The number of carboxylic acids is 1. The Morgan fingerprint density at radius 3 is 2.74 bits per heavy atom. The Bertz CT molecular complexity index is 806. The van der Waals surface area contributed by atoms with E-state index in [-0.39, 0.29) is 23.6 Å². The zero-order chi connectivity index (χ0) is 16.1. The predicted octanol–water partition coefficient (Wildman–Crippen LogP) is 3.12. The first-order valence-corrected chi connectivity index (χ1v) is 8.44. The maximum atomic E-state index is 13.2. The predicted molar refractivity (Wildman–Crippen MR) is 83.7 cm³/mol. The number of halogens is 1. The first-order valence-electron chi connectivity index (χ1n) is 7.62. The van der Waals surface area contributed by atoms with Gasteiger partial charge < -0.3 is 10.4 Å². The average molecular weight is 334 g/mol. The smallest absolute Gasteiger partial charge is 0.307 e. The molecule has 4 atom stereocenters. The number of benzene rings is 1. The van der Waals surface area contributed by atoms with E-state index in [1.807, 2.05) is 0 Å². The molecule has 2 aliphatic carbocycles. The van der Waals surface area contributed by atoms with E-state index in [1.54, 1.807) is 6.07 Å². The van der Waals surface area contributed by atoms with Crippen molar-refractivity contribution >= 4 is 38.6 Å². The molecule has 2 N–H and O–H groups in total. The molecule has 1 heterocycles. The van der Waals surface area contributed by atoms with Crippen molar-refractivity contribution in [3.8, 4) is 0 Å². The van der Waals surface area contributed by atoms with Gasteiger partial charge in [-0.05, 0) is 49.3 Å². The van der Waals surface area contributed by atoms with Crippen LogP contribution in [0.1, 0.15) is 19.3 Å². The molecule has 23 heavy (non-hydrogen) atoms. The van der Waals surface area contributed by atoms with Crippen LogP contribution in [0.3, 0.4) is 0 Å². The topological polar surface area (TPSA) is 79.3 Å². The SMILES string of the molecule is O=C(O)[C@@H]1[C@@H]2CC[C@H](C2)[C@H]1C(=O)Nc1nc2ccc(F)cc2s1. The molecule has 0 radical (unpaired) electrons. The molecule has 2 bridgehead atoms. The lowest BCUT2D eigenvalue weighted by atomic mass is 9.79. The number of aromatic nitrogens is 1. The summed E-state index contributed by atoms with van der Waals surface area (Å²) in [7, 11) is 0. The van der Waals surface area contributed by atoms with Crippen molar-refractivity contribution in [3.63, 3.8) is 0 Å². The van der Waals surface area contributed by atoms with Gasteiger partial charge in [0.05, 0.1) is 22.1 Å². The molecule has 1 aromatic carbocycles. The number of aliphatic carboxylic acids is 1. The number of hydrogen-bond acceptors (Lipinski definition) is 4. The maximum absolute atomic E-state index is 13.2. The van der Waals surface area contributed by atoms with Crippen LogP contribution in [0.2, 0.25) is 0 Å². The highest BCUT2D eigenvalue weighted by Gasteiger charge is 2.54. The van der Waals surface area contributed by atoms with Crippen LogP contribution in [-0.2, 0) is 9.59 Å². The van der Waals surface area contributed by atoms with E-state index in [1.165, 1.54) is 23.5 Å². The Labute approximate surface area is 135 Å². The van der Waals surface area contributed by atoms with Gasteiger partial charge in [-0.2, -0.15) is 0 Å². The molecule has 4 rings (SSSR count). The summed E-state index contributed by atoms with van der Waals surface area (Å²) in [5, 5.41) is 12.6. The summed E-state index contributed by atoms with van der Waals surface area (Å²) in [6.45, 7) is 0.